The second-order valence-corrected chi connectivity index (χ2v) is 4.87. The maximum Gasteiger partial charge on any atom is 0.389 e. The molecule has 0 aromatic rings. The van der Waals surface area contributed by atoms with Crippen molar-refractivity contribution in [3.63, 3.8) is 0 Å². The molecule has 2 atom stereocenters. The predicted molar refractivity (Wildman–Crippen MR) is 47.8 cm³/mol. The molecular weight excluding hydrogens is 193 g/mol. The van der Waals surface area contributed by atoms with Crippen LogP contribution in [0.3, 0.4) is 0 Å². The first-order valence-electron chi connectivity index (χ1n) is 4.97. The zero-order valence-corrected chi connectivity index (χ0v) is 8.56. The lowest BCUT2D eigenvalue weighted by Gasteiger charge is -2.12. The molecule has 1 aliphatic rings. The fourth-order valence-corrected chi connectivity index (χ4v) is 1.88. The Kier molecular flexibility index (Phi) is 3.14. The fraction of sp³-hybridized carbons (Fsp3) is 1.00. The molecule has 14 heavy (non-hydrogen) atoms. The van der Waals surface area contributed by atoms with E-state index >= 15 is 0 Å². The normalized spacial score (nSPS) is 27.4. The number of hydrogen-bond acceptors (Lipinski definition) is 1. The first-order chi connectivity index (χ1) is 6.22. The first kappa shape index (κ1) is 11.8. The van der Waals surface area contributed by atoms with Gasteiger partial charge in [-0.05, 0) is 30.6 Å². The number of alkyl halides is 3. The molecule has 0 aromatic heterocycles. The van der Waals surface area contributed by atoms with Crippen molar-refractivity contribution in [3.8, 4) is 0 Å². The zero-order valence-electron chi connectivity index (χ0n) is 8.56. The van der Waals surface area contributed by atoms with Gasteiger partial charge in [0.1, 0.15) is 0 Å². The zero-order chi connectivity index (χ0) is 11.0. The molecule has 0 bridgehead atoms. The van der Waals surface area contributed by atoms with Crippen molar-refractivity contribution in [2.24, 2.45) is 11.3 Å². The van der Waals surface area contributed by atoms with Gasteiger partial charge in [-0.3, -0.25) is 0 Å². The van der Waals surface area contributed by atoms with Crippen LogP contribution in [0.25, 0.3) is 0 Å². The lowest BCUT2D eigenvalue weighted by Crippen LogP contribution is -2.15. The molecule has 1 nitrogen and oxygen atoms in total. The largest absolute Gasteiger partial charge is 0.393 e. The lowest BCUT2D eigenvalue weighted by atomic mass is 10.0. The third kappa shape index (κ3) is 3.48. The molecule has 84 valence electrons. The van der Waals surface area contributed by atoms with Crippen LogP contribution in [0.1, 0.15) is 39.5 Å². The van der Waals surface area contributed by atoms with Crippen LogP contribution in [0.2, 0.25) is 0 Å². The van der Waals surface area contributed by atoms with Crippen molar-refractivity contribution >= 4 is 0 Å². The summed E-state index contributed by atoms with van der Waals surface area (Å²) in [6.45, 7) is 4.06. The number of aliphatic hydroxyl groups excluding tert-OH is 1. The highest BCUT2D eigenvalue weighted by Gasteiger charge is 2.49. The Morgan fingerprint density at radius 1 is 1.43 bits per heavy atom. The third-order valence-corrected chi connectivity index (χ3v) is 3.01. The van der Waals surface area contributed by atoms with Crippen molar-refractivity contribution in [1.82, 2.24) is 0 Å². The highest BCUT2D eigenvalue weighted by Crippen LogP contribution is 2.54. The Bertz CT molecular complexity index is 198. The summed E-state index contributed by atoms with van der Waals surface area (Å²) in [6.07, 6.45) is -4.17. The van der Waals surface area contributed by atoms with Gasteiger partial charge in [-0.25, -0.2) is 0 Å². The second-order valence-electron chi connectivity index (χ2n) is 4.87. The van der Waals surface area contributed by atoms with Crippen LogP contribution in [-0.2, 0) is 0 Å². The molecule has 1 fully saturated rings. The van der Waals surface area contributed by atoms with Crippen LogP contribution in [0.4, 0.5) is 13.2 Å². The van der Waals surface area contributed by atoms with E-state index in [9.17, 15) is 18.3 Å². The quantitative estimate of drug-likeness (QED) is 0.755. The highest BCUT2D eigenvalue weighted by atomic mass is 19.4. The molecule has 1 N–H and O–H groups in total. The van der Waals surface area contributed by atoms with E-state index in [0.717, 1.165) is 6.42 Å². The Hall–Kier alpha value is -0.250. The van der Waals surface area contributed by atoms with E-state index in [-0.39, 0.29) is 24.2 Å². The van der Waals surface area contributed by atoms with Crippen LogP contribution in [-0.4, -0.2) is 17.4 Å². The maximum absolute atomic E-state index is 11.8. The summed E-state index contributed by atoms with van der Waals surface area (Å²) in [6, 6.07) is 0. The van der Waals surface area contributed by atoms with Gasteiger partial charge in [-0.15, -0.1) is 0 Å². The number of rotatable bonds is 4. The Labute approximate surface area is 82.3 Å². The first-order valence-corrected chi connectivity index (χ1v) is 4.97. The van der Waals surface area contributed by atoms with Crippen LogP contribution in [0.5, 0.6) is 0 Å². The van der Waals surface area contributed by atoms with Crippen LogP contribution in [0, 0.1) is 11.3 Å². The molecule has 1 rings (SSSR count). The van der Waals surface area contributed by atoms with Gasteiger partial charge in [0.05, 0.1) is 6.10 Å². The summed E-state index contributed by atoms with van der Waals surface area (Å²) in [5.41, 5.74) is 0.137. The minimum absolute atomic E-state index is 0.0389. The molecular formula is C10H17F3O. The highest BCUT2D eigenvalue weighted by molar-refractivity contribution is 4.98. The standard InChI is InChI=1S/C10H17F3O/c1-9(2)6-7(9)8(14)4-3-5-10(11,12)13/h7-8,14H,3-6H2,1-2H3. The molecule has 0 spiro atoms. The Morgan fingerprint density at radius 3 is 2.29 bits per heavy atom. The molecule has 0 amide bonds. The van der Waals surface area contributed by atoms with Gasteiger partial charge >= 0.3 is 6.18 Å². The van der Waals surface area contributed by atoms with E-state index in [2.05, 4.69) is 0 Å². The van der Waals surface area contributed by atoms with E-state index in [4.69, 9.17) is 0 Å². The SMILES string of the molecule is CC1(C)CC1C(O)CCCC(F)(F)F. The second kappa shape index (κ2) is 3.72. The third-order valence-electron chi connectivity index (χ3n) is 3.01. The summed E-state index contributed by atoms with van der Waals surface area (Å²) < 4.78 is 35.4. The smallest absolute Gasteiger partial charge is 0.389 e. The molecule has 1 aliphatic carbocycles. The minimum Gasteiger partial charge on any atom is -0.393 e. The minimum atomic E-state index is -4.08. The molecule has 0 radical (unpaired) electrons. The summed E-state index contributed by atoms with van der Waals surface area (Å²) >= 11 is 0. The van der Waals surface area contributed by atoms with Crippen LogP contribution in [0.15, 0.2) is 0 Å². The van der Waals surface area contributed by atoms with Crippen LogP contribution < -0.4 is 0 Å². The van der Waals surface area contributed by atoms with Gasteiger partial charge in [-0.2, -0.15) is 13.2 Å². The van der Waals surface area contributed by atoms with Crippen molar-refractivity contribution in [2.75, 3.05) is 0 Å². The van der Waals surface area contributed by atoms with Gasteiger partial charge < -0.3 is 5.11 Å². The maximum atomic E-state index is 11.8. The van der Waals surface area contributed by atoms with Gasteiger partial charge in [0.2, 0.25) is 0 Å². The van der Waals surface area contributed by atoms with Gasteiger partial charge in [0.25, 0.3) is 0 Å². The molecule has 4 heteroatoms. The van der Waals surface area contributed by atoms with E-state index in [0.29, 0.717) is 0 Å². The van der Waals surface area contributed by atoms with E-state index in [1.807, 2.05) is 13.8 Å². The molecule has 0 heterocycles. The van der Waals surface area contributed by atoms with Gasteiger partial charge in [0.15, 0.2) is 0 Å². The average molecular weight is 210 g/mol. The van der Waals surface area contributed by atoms with E-state index in [1.54, 1.807) is 0 Å². The van der Waals surface area contributed by atoms with Crippen molar-refractivity contribution in [3.05, 3.63) is 0 Å². The van der Waals surface area contributed by atoms with Crippen molar-refractivity contribution in [1.29, 1.82) is 0 Å². The van der Waals surface area contributed by atoms with Gasteiger partial charge in [0, 0.05) is 6.42 Å². The number of halogens is 3. The summed E-state index contributed by atoms with van der Waals surface area (Å²) in [4.78, 5) is 0. The van der Waals surface area contributed by atoms with Crippen molar-refractivity contribution < 1.29 is 18.3 Å². The molecule has 0 aromatic carbocycles. The van der Waals surface area contributed by atoms with Crippen LogP contribution >= 0.6 is 0 Å². The lowest BCUT2D eigenvalue weighted by molar-refractivity contribution is -0.136. The topological polar surface area (TPSA) is 20.2 Å². The monoisotopic (exact) mass is 210 g/mol. The van der Waals surface area contributed by atoms with E-state index < -0.39 is 18.7 Å². The Morgan fingerprint density at radius 2 is 1.93 bits per heavy atom. The summed E-state index contributed by atoms with van der Waals surface area (Å²) in [5, 5.41) is 9.55. The molecule has 0 saturated heterocycles. The number of hydrogen-bond donors (Lipinski definition) is 1. The van der Waals surface area contributed by atoms with E-state index in [1.165, 1.54) is 0 Å². The average Bonchev–Trinajstić information content (AvgIpc) is 2.57. The summed E-state index contributed by atoms with van der Waals surface area (Å²) in [7, 11) is 0. The van der Waals surface area contributed by atoms with Crippen molar-refractivity contribution in [2.45, 2.75) is 51.8 Å². The molecule has 1 saturated carbocycles. The molecule has 0 aliphatic heterocycles. The molecule has 2 unspecified atom stereocenters. The Balaban J connectivity index is 2.14. The fourth-order valence-electron chi connectivity index (χ4n) is 1.88. The predicted octanol–water partition coefficient (Wildman–Crippen LogP) is 3.13. The van der Waals surface area contributed by atoms with Gasteiger partial charge in [-0.1, -0.05) is 13.8 Å². The summed E-state index contributed by atoms with van der Waals surface area (Å²) in [5.74, 6) is 0.204. The number of aliphatic hydroxyl groups is 1.